The van der Waals surface area contributed by atoms with Crippen LogP contribution in [0.25, 0.3) is 0 Å². The van der Waals surface area contributed by atoms with E-state index in [1.165, 1.54) is 18.7 Å². The number of rotatable bonds is 8. The number of ether oxygens (including phenoxy) is 2. The van der Waals surface area contributed by atoms with Gasteiger partial charge in [-0.25, -0.2) is 4.98 Å². The topological polar surface area (TPSA) is 89.5 Å². The third-order valence-corrected chi connectivity index (χ3v) is 5.51. The smallest absolute Gasteiger partial charge is 0.237 e. The van der Waals surface area contributed by atoms with E-state index in [1.807, 2.05) is 44.2 Å². The zero-order valence-electron chi connectivity index (χ0n) is 18.3. The molecule has 2 amide bonds. The number of carbonyl (C=O) groups excluding carboxylic acids is 2. The average Bonchev–Trinajstić information content (AvgIpc) is 2.77. The third-order valence-electron chi connectivity index (χ3n) is 4.39. The summed E-state index contributed by atoms with van der Waals surface area (Å²) in [5, 5.41) is 5.25. The van der Waals surface area contributed by atoms with Crippen molar-refractivity contribution in [2.45, 2.75) is 30.9 Å². The molecule has 2 aromatic carbocycles. The Morgan fingerprint density at radius 3 is 2.31 bits per heavy atom. The molecular formula is C24H25N3O4S. The van der Waals surface area contributed by atoms with Gasteiger partial charge in [0.05, 0.1) is 24.2 Å². The average molecular weight is 452 g/mol. The van der Waals surface area contributed by atoms with Crippen molar-refractivity contribution in [1.82, 2.24) is 4.98 Å². The van der Waals surface area contributed by atoms with E-state index in [-0.39, 0.29) is 17.1 Å². The molecule has 8 heteroatoms. The van der Waals surface area contributed by atoms with Crippen LogP contribution in [0.5, 0.6) is 17.4 Å². The molecule has 7 nitrogen and oxygen atoms in total. The van der Waals surface area contributed by atoms with E-state index < -0.39 is 0 Å². The maximum absolute atomic E-state index is 12.6. The summed E-state index contributed by atoms with van der Waals surface area (Å²) in [5.74, 6) is 1.32. The van der Waals surface area contributed by atoms with Gasteiger partial charge in [0.2, 0.25) is 17.7 Å². The summed E-state index contributed by atoms with van der Waals surface area (Å²) in [6.45, 7) is 5.26. The largest absolute Gasteiger partial charge is 0.493 e. The molecule has 1 atom stereocenters. The van der Waals surface area contributed by atoms with E-state index in [0.29, 0.717) is 23.1 Å². The number of hydrogen-bond acceptors (Lipinski definition) is 6. The maximum atomic E-state index is 12.6. The SMILES string of the molecule is COc1cc(C)ccc1Oc1ccc(NC(=O)C(C)Sc2ccc(NC(C)=O)cc2)cn1. The highest BCUT2D eigenvalue weighted by atomic mass is 32.2. The van der Waals surface area contributed by atoms with Gasteiger partial charge in [-0.05, 0) is 61.9 Å². The first-order valence-corrected chi connectivity index (χ1v) is 10.9. The molecule has 0 aliphatic carbocycles. The van der Waals surface area contributed by atoms with E-state index in [2.05, 4.69) is 15.6 Å². The molecule has 1 unspecified atom stereocenters. The van der Waals surface area contributed by atoms with Crippen LogP contribution in [0.4, 0.5) is 11.4 Å². The van der Waals surface area contributed by atoms with Gasteiger partial charge in [0.1, 0.15) is 0 Å². The molecule has 0 spiro atoms. The van der Waals surface area contributed by atoms with Crippen molar-refractivity contribution < 1.29 is 19.1 Å². The number of benzene rings is 2. The van der Waals surface area contributed by atoms with Gasteiger partial charge in [0, 0.05) is 23.6 Å². The number of thioether (sulfide) groups is 1. The summed E-state index contributed by atoms with van der Waals surface area (Å²) in [4.78, 5) is 28.9. The molecule has 32 heavy (non-hydrogen) atoms. The molecule has 0 radical (unpaired) electrons. The number of nitrogens with one attached hydrogen (secondary N) is 2. The van der Waals surface area contributed by atoms with Gasteiger partial charge in [0.25, 0.3) is 0 Å². The summed E-state index contributed by atoms with van der Waals surface area (Å²) in [6.07, 6.45) is 1.55. The minimum Gasteiger partial charge on any atom is -0.493 e. The fourth-order valence-electron chi connectivity index (χ4n) is 2.81. The molecule has 1 aromatic heterocycles. The Bertz CT molecular complexity index is 1090. The van der Waals surface area contributed by atoms with Crippen molar-refractivity contribution in [2.24, 2.45) is 0 Å². The number of anilines is 2. The van der Waals surface area contributed by atoms with Gasteiger partial charge in [-0.1, -0.05) is 6.07 Å². The molecule has 2 N–H and O–H groups in total. The van der Waals surface area contributed by atoms with Gasteiger partial charge in [0.15, 0.2) is 11.5 Å². The molecule has 0 aliphatic rings. The molecule has 3 aromatic rings. The first-order chi connectivity index (χ1) is 15.3. The Morgan fingerprint density at radius 2 is 1.69 bits per heavy atom. The maximum Gasteiger partial charge on any atom is 0.237 e. The van der Waals surface area contributed by atoms with Crippen molar-refractivity contribution in [1.29, 1.82) is 0 Å². The van der Waals surface area contributed by atoms with E-state index in [1.54, 1.807) is 37.6 Å². The monoisotopic (exact) mass is 451 g/mol. The molecule has 0 fully saturated rings. The molecule has 0 aliphatic heterocycles. The van der Waals surface area contributed by atoms with Gasteiger partial charge in [-0.2, -0.15) is 0 Å². The van der Waals surface area contributed by atoms with E-state index in [9.17, 15) is 9.59 Å². The van der Waals surface area contributed by atoms with Gasteiger partial charge < -0.3 is 20.1 Å². The second kappa shape index (κ2) is 10.7. The van der Waals surface area contributed by atoms with Crippen LogP contribution in [0.3, 0.4) is 0 Å². The molecular weight excluding hydrogens is 426 g/mol. The minimum atomic E-state index is -0.325. The number of methoxy groups -OCH3 is 1. The second-order valence-electron chi connectivity index (χ2n) is 7.10. The number of amides is 2. The third kappa shape index (κ3) is 6.49. The Kier molecular flexibility index (Phi) is 7.72. The normalized spacial score (nSPS) is 11.4. The Balaban J connectivity index is 1.56. The molecule has 3 rings (SSSR count). The standard InChI is InChI=1S/C24H25N3O4S/c1-15-5-11-21(22(13-15)30-4)31-23-12-8-19(14-25-23)27-24(29)16(2)32-20-9-6-18(7-10-20)26-17(3)28/h5-14,16H,1-4H3,(H,26,28)(H,27,29). The molecule has 0 saturated carbocycles. The Labute approximate surface area is 191 Å². The predicted molar refractivity (Wildman–Crippen MR) is 127 cm³/mol. The summed E-state index contributed by atoms with van der Waals surface area (Å²) in [7, 11) is 1.59. The lowest BCUT2D eigenvalue weighted by Crippen LogP contribution is -2.22. The van der Waals surface area contributed by atoms with Crippen LogP contribution < -0.4 is 20.1 Å². The van der Waals surface area contributed by atoms with Crippen molar-refractivity contribution in [3.05, 3.63) is 66.4 Å². The van der Waals surface area contributed by atoms with Crippen LogP contribution in [-0.2, 0) is 9.59 Å². The van der Waals surface area contributed by atoms with Gasteiger partial charge in [-0.3, -0.25) is 9.59 Å². The van der Waals surface area contributed by atoms with Crippen molar-refractivity contribution >= 4 is 35.0 Å². The zero-order chi connectivity index (χ0) is 23.1. The Morgan fingerprint density at radius 1 is 0.969 bits per heavy atom. The highest BCUT2D eigenvalue weighted by molar-refractivity contribution is 8.00. The first-order valence-electron chi connectivity index (χ1n) is 9.98. The molecule has 166 valence electrons. The lowest BCUT2D eigenvalue weighted by atomic mass is 10.2. The second-order valence-corrected chi connectivity index (χ2v) is 8.51. The Hall–Kier alpha value is -3.52. The highest BCUT2D eigenvalue weighted by Gasteiger charge is 2.15. The fraction of sp³-hybridized carbons (Fsp3) is 0.208. The van der Waals surface area contributed by atoms with Gasteiger partial charge >= 0.3 is 0 Å². The fourth-order valence-corrected chi connectivity index (χ4v) is 3.68. The van der Waals surface area contributed by atoms with Crippen LogP contribution >= 0.6 is 11.8 Å². The number of aromatic nitrogens is 1. The molecule has 0 bridgehead atoms. The molecule has 1 heterocycles. The lowest BCUT2D eigenvalue weighted by molar-refractivity contribution is -0.115. The van der Waals surface area contributed by atoms with E-state index in [0.717, 1.165) is 16.1 Å². The number of pyridine rings is 1. The van der Waals surface area contributed by atoms with Crippen LogP contribution in [0.1, 0.15) is 19.4 Å². The minimum absolute atomic E-state index is 0.124. The highest BCUT2D eigenvalue weighted by Crippen LogP contribution is 2.32. The van der Waals surface area contributed by atoms with Crippen LogP contribution in [0.15, 0.2) is 65.7 Å². The van der Waals surface area contributed by atoms with Crippen LogP contribution in [0, 0.1) is 6.92 Å². The summed E-state index contributed by atoms with van der Waals surface area (Å²) < 4.78 is 11.1. The van der Waals surface area contributed by atoms with Gasteiger partial charge in [-0.15, -0.1) is 11.8 Å². The lowest BCUT2D eigenvalue weighted by Gasteiger charge is -2.13. The predicted octanol–water partition coefficient (Wildman–Crippen LogP) is 5.27. The van der Waals surface area contributed by atoms with E-state index in [4.69, 9.17) is 9.47 Å². The summed E-state index contributed by atoms with van der Waals surface area (Å²) in [6, 6.07) is 16.4. The van der Waals surface area contributed by atoms with E-state index >= 15 is 0 Å². The number of aryl methyl sites for hydroxylation is 1. The first kappa shape index (κ1) is 23.1. The van der Waals surface area contributed by atoms with Crippen molar-refractivity contribution in [3.8, 4) is 17.4 Å². The summed E-state index contributed by atoms with van der Waals surface area (Å²) >= 11 is 1.42. The van der Waals surface area contributed by atoms with Crippen LogP contribution in [-0.4, -0.2) is 29.2 Å². The number of carbonyl (C=O) groups is 2. The zero-order valence-corrected chi connectivity index (χ0v) is 19.2. The van der Waals surface area contributed by atoms with Crippen LogP contribution in [0.2, 0.25) is 0 Å². The quantitative estimate of drug-likeness (QED) is 0.454. The molecule has 0 saturated heterocycles. The number of hydrogen-bond donors (Lipinski definition) is 2. The van der Waals surface area contributed by atoms with Crippen molar-refractivity contribution in [2.75, 3.05) is 17.7 Å². The number of nitrogens with zero attached hydrogens (tertiary/aromatic N) is 1. The summed E-state index contributed by atoms with van der Waals surface area (Å²) in [5.41, 5.74) is 2.36. The van der Waals surface area contributed by atoms with Crippen molar-refractivity contribution in [3.63, 3.8) is 0 Å².